The van der Waals surface area contributed by atoms with Crippen molar-refractivity contribution in [3.63, 3.8) is 0 Å². The first-order chi connectivity index (χ1) is 9.97. The van der Waals surface area contributed by atoms with Crippen LogP contribution in [-0.2, 0) is 10.1 Å². The second kappa shape index (κ2) is 6.64. The highest BCUT2D eigenvalue weighted by atomic mass is 35.5. The molecule has 0 saturated heterocycles. The van der Waals surface area contributed by atoms with Gasteiger partial charge < -0.3 is 4.74 Å². The summed E-state index contributed by atoms with van der Waals surface area (Å²) in [6, 6.07) is 12.8. The number of hydrogen-bond donors (Lipinski definition) is 1. The molecule has 0 bridgehead atoms. The van der Waals surface area contributed by atoms with Crippen molar-refractivity contribution >= 4 is 21.7 Å². The molecule has 6 heteroatoms. The Balaban J connectivity index is 2.07. The molecule has 0 saturated carbocycles. The third kappa shape index (κ3) is 4.50. The van der Waals surface area contributed by atoms with E-state index in [4.69, 9.17) is 20.9 Å². The summed E-state index contributed by atoms with van der Waals surface area (Å²) < 4.78 is 36.7. The van der Waals surface area contributed by atoms with Crippen LogP contribution in [0.3, 0.4) is 0 Å². The Morgan fingerprint density at radius 2 is 1.76 bits per heavy atom. The third-order valence-electron chi connectivity index (χ3n) is 2.50. The number of ether oxygens (including phenoxy) is 1. The van der Waals surface area contributed by atoms with Gasteiger partial charge >= 0.3 is 0 Å². The number of rotatable bonds is 3. The molecule has 21 heavy (non-hydrogen) atoms. The molecule has 0 amide bonds. The molecule has 1 N–H and O–H groups in total. The molecule has 0 aliphatic heterocycles. The Morgan fingerprint density at radius 1 is 1.10 bits per heavy atom. The van der Waals surface area contributed by atoms with Crippen LogP contribution in [0.15, 0.2) is 53.4 Å². The van der Waals surface area contributed by atoms with Crippen molar-refractivity contribution in [1.82, 2.24) is 0 Å². The zero-order valence-corrected chi connectivity index (χ0v) is 12.4. The first-order valence-electron chi connectivity index (χ1n) is 5.90. The van der Waals surface area contributed by atoms with Gasteiger partial charge in [-0.25, -0.2) is 0 Å². The molecule has 2 rings (SSSR count). The van der Waals surface area contributed by atoms with Gasteiger partial charge in [0, 0.05) is 10.6 Å². The van der Waals surface area contributed by atoms with Gasteiger partial charge in [0.15, 0.2) is 0 Å². The fraction of sp³-hybridized carbons (Fsp3) is 0.0667. The Bertz CT molecular complexity index is 786. The van der Waals surface area contributed by atoms with Gasteiger partial charge in [0.25, 0.3) is 10.1 Å². The predicted molar refractivity (Wildman–Crippen MR) is 80.1 cm³/mol. The molecule has 2 aromatic carbocycles. The van der Waals surface area contributed by atoms with Gasteiger partial charge in [0.1, 0.15) is 17.3 Å². The van der Waals surface area contributed by atoms with Gasteiger partial charge in [0.05, 0.1) is 0 Å². The van der Waals surface area contributed by atoms with Crippen LogP contribution >= 0.6 is 11.6 Å². The smallest absolute Gasteiger partial charge is 0.298 e. The fourth-order valence-electron chi connectivity index (χ4n) is 1.57. The topological polar surface area (TPSA) is 63.6 Å². The molecule has 0 aliphatic rings. The maximum absolute atomic E-state index is 11.2. The number of hydrogen-bond acceptors (Lipinski definition) is 3. The summed E-state index contributed by atoms with van der Waals surface area (Å²) in [6.07, 6.45) is 0. The average molecular weight is 323 g/mol. The summed E-state index contributed by atoms with van der Waals surface area (Å²) in [6.45, 7) is -0.00480. The molecule has 0 fully saturated rings. The van der Waals surface area contributed by atoms with E-state index in [9.17, 15) is 8.42 Å². The number of benzene rings is 2. The summed E-state index contributed by atoms with van der Waals surface area (Å²) in [5.74, 6) is 5.67. The van der Waals surface area contributed by atoms with Gasteiger partial charge in [-0.1, -0.05) is 35.6 Å². The highest BCUT2D eigenvalue weighted by molar-refractivity contribution is 7.86. The quantitative estimate of drug-likeness (QED) is 0.697. The Morgan fingerprint density at radius 3 is 2.43 bits per heavy atom. The van der Waals surface area contributed by atoms with E-state index in [0.29, 0.717) is 5.02 Å². The third-order valence-corrected chi connectivity index (χ3v) is 3.65. The largest absolute Gasteiger partial charge is 0.479 e. The van der Waals surface area contributed by atoms with Crippen LogP contribution in [0.5, 0.6) is 5.75 Å². The second-order valence-electron chi connectivity index (χ2n) is 4.02. The first-order valence-corrected chi connectivity index (χ1v) is 7.72. The molecule has 2 aromatic rings. The SMILES string of the molecule is O=S(=O)(O)c1ccccc1OCC#Cc1ccc(Cl)cc1. The molecule has 0 heterocycles. The van der Waals surface area contributed by atoms with E-state index in [-0.39, 0.29) is 17.3 Å². The van der Waals surface area contributed by atoms with E-state index < -0.39 is 10.1 Å². The highest BCUT2D eigenvalue weighted by Gasteiger charge is 2.15. The molecule has 108 valence electrons. The molecule has 0 spiro atoms. The zero-order valence-electron chi connectivity index (χ0n) is 10.8. The van der Waals surface area contributed by atoms with Crippen LogP contribution < -0.4 is 4.74 Å². The lowest BCUT2D eigenvalue weighted by Crippen LogP contribution is -2.03. The highest BCUT2D eigenvalue weighted by Crippen LogP contribution is 2.22. The minimum atomic E-state index is -4.32. The molecular formula is C15H11ClO4S. The normalized spacial score (nSPS) is 10.6. The average Bonchev–Trinajstić information content (AvgIpc) is 2.45. The minimum Gasteiger partial charge on any atom is -0.479 e. The second-order valence-corrected chi connectivity index (χ2v) is 5.85. The first kappa shape index (κ1) is 15.4. The van der Waals surface area contributed by atoms with Crippen LogP contribution in [0.1, 0.15) is 5.56 Å². The van der Waals surface area contributed by atoms with Crippen molar-refractivity contribution in [2.45, 2.75) is 4.90 Å². The Labute approximate surface area is 128 Å². The lowest BCUT2D eigenvalue weighted by molar-refractivity contribution is 0.357. The summed E-state index contributed by atoms with van der Waals surface area (Å²) in [4.78, 5) is -0.279. The maximum Gasteiger partial charge on any atom is 0.298 e. The van der Waals surface area contributed by atoms with E-state index in [0.717, 1.165) is 5.56 Å². The van der Waals surface area contributed by atoms with Crippen molar-refractivity contribution in [2.75, 3.05) is 6.61 Å². The van der Waals surface area contributed by atoms with E-state index in [1.807, 2.05) is 0 Å². The minimum absolute atomic E-state index is 0.00480. The molecule has 0 radical (unpaired) electrons. The van der Waals surface area contributed by atoms with Gasteiger partial charge in [-0.05, 0) is 36.4 Å². The summed E-state index contributed by atoms with van der Waals surface area (Å²) in [5.41, 5.74) is 0.770. The van der Waals surface area contributed by atoms with Crippen molar-refractivity contribution in [2.24, 2.45) is 0 Å². The number of para-hydroxylation sites is 1. The van der Waals surface area contributed by atoms with E-state index >= 15 is 0 Å². The fourth-order valence-corrected chi connectivity index (χ4v) is 2.33. The lowest BCUT2D eigenvalue weighted by atomic mass is 10.2. The zero-order chi connectivity index (χ0) is 15.3. The number of halogens is 1. The lowest BCUT2D eigenvalue weighted by Gasteiger charge is -2.06. The standard InChI is InChI=1S/C15H11ClO4S/c16-13-9-7-12(8-10-13)4-3-11-20-14-5-1-2-6-15(14)21(17,18)19/h1-2,5-10H,11H2,(H,17,18,19). The predicted octanol–water partition coefficient (Wildman–Crippen LogP) is 3.02. The van der Waals surface area contributed by atoms with E-state index in [2.05, 4.69) is 11.8 Å². The van der Waals surface area contributed by atoms with Crippen LogP contribution in [-0.4, -0.2) is 19.6 Å². The van der Waals surface area contributed by atoms with E-state index in [1.54, 1.807) is 30.3 Å². The van der Waals surface area contributed by atoms with Crippen LogP contribution in [0.2, 0.25) is 5.02 Å². The van der Waals surface area contributed by atoms with Gasteiger partial charge in [-0.2, -0.15) is 8.42 Å². The summed E-state index contributed by atoms with van der Waals surface area (Å²) in [7, 11) is -4.32. The molecule has 0 aliphatic carbocycles. The van der Waals surface area contributed by atoms with Gasteiger partial charge in [-0.3, -0.25) is 4.55 Å². The molecule has 0 atom stereocenters. The van der Waals surface area contributed by atoms with Crippen LogP contribution in [0.4, 0.5) is 0 Å². The maximum atomic E-state index is 11.2. The van der Waals surface area contributed by atoms with Gasteiger partial charge in [0.2, 0.25) is 0 Å². The van der Waals surface area contributed by atoms with Crippen LogP contribution in [0, 0.1) is 11.8 Å². The van der Waals surface area contributed by atoms with Crippen molar-refractivity contribution in [1.29, 1.82) is 0 Å². The molecule has 0 unspecified atom stereocenters. The Kier molecular flexibility index (Phi) is 4.86. The monoisotopic (exact) mass is 322 g/mol. The van der Waals surface area contributed by atoms with Crippen molar-refractivity contribution < 1.29 is 17.7 Å². The van der Waals surface area contributed by atoms with Crippen molar-refractivity contribution in [3.05, 3.63) is 59.1 Å². The molecule has 4 nitrogen and oxygen atoms in total. The van der Waals surface area contributed by atoms with Crippen LogP contribution in [0.25, 0.3) is 0 Å². The Hall–Kier alpha value is -2.00. The summed E-state index contributed by atoms with van der Waals surface area (Å²) >= 11 is 5.76. The molecular weight excluding hydrogens is 312 g/mol. The molecule has 0 aromatic heterocycles. The van der Waals surface area contributed by atoms with Crippen molar-refractivity contribution in [3.8, 4) is 17.6 Å². The van der Waals surface area contributed by atoms with Gasteiger partial charge in [-0.15, -0.1) is 0 Å². The summed E-state index contributed by atoms with van der Waals surface area (Å²) in [5, 5.41) is 0.624. The van der Waals surface area contributed by atoms with E-state index in [1.165, 1.54) is 18.2 Å².